The van der Waals surface area contributed by atoms with Gasteiger partial charge in [-0.1, -0.05) is 71.9 Å². The highest BCUT2D eigenvalue weighted by molar-refractivity contribution is 6.69. The second kappa shape index (κ2) is 15.5. The monoisotopic (exact) mass is 616 g/mol. The standard InChI is InChI=1S/C35H60O5Si2/c1-33(2,3)27(20-22-31(34(4,5)6)39-41(7)8)19-21-29(36)32-30(37)23-25-35(32,40-42(9,10)11)24-15-16-26-38-28-17-13-12-14-18-28/h12-14,17-19,21,23,25,27,29,31-32,36,41H,15-16,20,22,24,26H2,1-11H3. The summed E-state index contributed by atoms with van der Waals surface area (Å²) in [5, 5.41) is 11.6. The van der Waals surface area contributed by atoms with Crippen LogP contribution in [0.4, 0.5) is 0 Å². The van der Waals surface area contributed by atoms with Gasteiger partial charge in [-0.05, 0) is 106 Å². The van der Waals surface area contributed by atoms with Gasteiger partial charge in [0, 0.05) is 6.10 Å². The minimum Gasteiger partial charge on any atom is -0.494 e. The predicted octanol–water partition coefficient (Wildman–Crippen LogP) is 8.36. The Labute approximate surface area is 260 Å². The van der Waals surface area contributed by atoms with E-state index in [9.17, 15) is 9.90 Å². The van der Waals surface area contributed by atoms with Crippen molar-refractivity contribution < 1.29 is 23.5 Å². The van der Waals surface area contributed by atoms with Gasteiger partial charge in [-0.15, -0.1) is 0 Å². The lowest BCUT2D eigenvalue weighted by Gasteiger charge is -2.41. The number of benzene rings is 1. The lowest BCUT2D eigenvalue weighted by atomic mass is 9.75. The average molecular weight is 617 g/mol. The molecule has 42 heavy (non-hydrogen) atoms. The Morgan fingerprint density at radius 1 is 0.976 bits per heavy atom. The Kier molecular flexibility index (Phi) is 13.5. The molecule has 0 saturated heterocycles. The largest absolute Gasteiger partial charge is 0.494 e. The van der Waals surface area contributed by atoms with E-state index in [0.717, 1.165) is 31.4 Å². The van der Waals surface area contributed by atoms with Crippen LogP contribution in [0.3, 0.4) is 0 Å². The Morgan fingerprint density at radius 3 is 2.17 bits per heavy atom. The van der Waals surface area contributed by atoms with E-state index in [2.05, 4.69) is 80.4 Å². The van der Waals surface area contributed by atoms with Gasteiger partial charge in [0.2, 0.25) is 0 Å². The molecule has 2 rings (SSSR count). The SMILES string of the molecule is C[SiH](C)OC(CCC(C=CC(O)C1C(=O)C=CC1(CCCCOc1ccccc1)O[Si](C)(C)C)C(C)(C)C)C(C)(C)C. The lowest BCUT2D eigenvalue weighted by molar-refractivity contribution is -0.126. The van der Waals surface area contributed by atoms with Crippen LogP contribution in [0.2, 0.25) is 32.7 Å². The lowest BCUT2D eigenvalue weighted by Crippen LogP contribution is -2.50. The zero-order valence-electron chi connectivity index (χ0n) is 28.4. The second-order valence-electron chi connectivity index (χ2n) is 15.5. The van der Waals surface area contributed by atoms with Gasteiger partial charge in [-0.2, -0.15) is 0 Å². The minimum absolute atomic E-state index is 0.0104. The number of aliphatic hydroxyl groups excluding tert-OH is 1. The number of carbonyl (C=O) groups is 1. The molecular formula is C35H60O5Si2. The van der Waals surface area contributed by atoms with Crippen molar-refractivity contribution >= 4 is 23.1 Å². The van der Waals surface area contributed by atoms with Crippen molar-refractivity contribution in [2.75, 3.05) is 6.61 Å². The summed E-state index contributed by atoms with van der Waals surface area (Å²) in [6.45, 7) is 25.0. The van der Waals surface area contributed by atoms with Gasteiger partial charge in [-0.25, -0.2) is 0 Å². The fourth-order valence-electron chi connectivity index (χ4n) is 5.84. The Bertz CT molecular complexity index is 1020. The maximum absolute atomic E-state index is 13.3. The van der Waals surface area contributed by atoms with E-state index in [-0.39, 0.29) is 28.6 Å². The fraction of sp³-hybridized carbons (Fsp3) is 0.686. The van der Waals surface area contributed by atoms with Crippen molar-refractivity contribution in [2.24, 2.45) is 22.7 Å². The molecule has 0 bridgehead atoms. The molecule has 5 unspecified atom stereocenters. The second-order valence-corrected chi connectivity index (χ2v) is 22.3. The van der Waals surface area contributed by atoms with Crippen molar-refractivity contribution in [3.05, 3.63) is 54.6 Å². The molecule has 5 atom stereocenters. The number of allylic oxidation sites excluding steroid dienone is 2. The molecule has 0 radical (unpaired) electrons. The normalized spacial score (nSPS) is 22.2. The molecule has 1 aliphatic carbocycles. The molecule has 1 N–H and O–H groups in total. The number of unbranched alkanes of at least 4 members (excludes halogenated alkanes) is 1. The van der Waals surface area contributed by atoms with E-state index >= 15 is 0 Å². The third-order valence-corrected chi connectivity index (χ3v) is 9.83. The number of para-hydroxylation sites is 1. The first kappa shape index (κ1) is 36.7. The summed E-state index contributed by atoms with van der Waals surface area (Å²) in [5.41, 5.74) is -0.719. The first-order chi connectivity index (χ1) is 19.3. The summed E-state index contributed by atoms with van der Waals surface area (Å²) in [6.07, 6.45) is 11.1. The van der Waals surface area contributed by atoms with Crippen molar-refractivity contribution in [1.29, 1.82) is 0 Å². The highest BCUT2D eigenvalue weighted by Crippen LogP contribution is 2.41. The summed E-state index contributed by atoms with van der Waals surface area (Å²) in [6, 6.07) is 9.83. The topological polar surface area (TPSA) is 65.0 Å². The number of hydrogen-bond donors (Lipinski definition) is 1. The van der Waals surface area contributed by atoms with Gasteiger partial charge >= 0.3 is 0 Å². The van der Waals surface area contributed by atoms with E-state index in [1.165, 1.54) is 0 Å². The highest BCUT2D eigenvalue weighted by Gasteiger charge is 2.50. The summed E-state index contributed by atoms with van der Waals surface area (Å²) >= 11 is 0. The zero-order chi connectivity index (χ0) is 31.8. The molecular weight excluding hydrogens is 557 g/mol. The Morgan fingerprint density at radius 2 is 1.62 bits per heavy atom. The van der Waals surface area contributed by atoms with Crippen LogP contribution in [0.25, 0.3) is 0 Å². The first-order valence-corrected chi connectivity index (χ1v) is 22.2. The molecule has 0 amide bonds. The number of aliphatic hydroxyl groups is 1. The van der Waals surface area contributed by atoms with Crippen LogP contribution in [0, 0.1) is 22.7 Å². The maximum Gasteiger partial charge on any atom is 0.184 e. The third kappa shape index (κ3) is 11.9. The van der Waals surface area contributed by atoms with Crippen molar-refractivity contribution in [1.82, 2.24) is 0 Å². The molecule has 1 aliphatic rings. The summed E-state index contributed by atoms with van der Waals surface area (Å²) in [7, 11) is -3.22. The minimum atomic E-state index is -2.05. The Hall–Kier alpha value is -1.52. The number of ether oxygens (including phenoxy) is 1. The number of carbonyl (C=O) groups excluding carboxylic acids is 1. The first-order valence-electron chi connectivity index (χ1n) is 16.0. The van der Waals surface area contributed by atoms with Crippen LogP contribution in [-0.4, -0.2) is 52.7 Å². The molecule has 0 fully saturated rings. The van der Waals surface area contributed by atoms with Gasteiger partial charge in [0.1, 0.15) is 5.75 Å². The molecule has 0 heterocycles. The fourth-order valence-corrected chi connectivity index (χ4v) is 8.48. The van der Waals surface area contributed by atoms with E-state index in [4.69, 9.17) is 13.6 Å². The van der Waals surface area contributed by atoms with Gasteiger partial charge < -0.3 is 18.7 Å². The zero-order valence-corrected chi connectivity index (χ0v) is 30.6. The summed E-state index contributed by atoms with van der Waals surface area (Å²) in [5.74, 6) is 0.399. The maximum atomic E-state index is 13.3. The molecule has 5 nitrogen and oxygen atoms in total. The smallest absolute Gasteiger partial charge is 0.184 e. The van der Waals surface area contributed by atoms with E-state index in [1.54, 1.807) is 6.08 Å². The van der Waals surface area contributed by atoms with Crippen molar-refractivity contribution in [3.63, 3.8) is 0 Å². The molecule has 1 aromatic carbocycles. The van der Waals surface area contributed by atoms with Crippen molar-refractivity contribution in [3.8, 4) is 5.75 Å². The van der Waals surface area contributed by atoms with E-state index in [0.29, 0.717) is 13.0 Å². The number of ketones is 1. The van der Waals surface area contributed by atoms with Crippen LogP contribution in [0.1, 0.15) is 73.6 Å². The molecule has 0 aliphatic heterocycles. The van der Waals surface area contributed by atoms with Crippen molar-refractivity contribution in [2.45, 2.75) is 124 Å². The van der Waals surface area contributed by atoms with Gasteiger partial charge in [0.15, 0.2) is 23.1 Å². The van der Waals surface area contributed by atoms with Crippen LogP contribution in [-0.2, 0) is 13.6 Å². The number of rotatable bonds is 16. The summed E-state index contributed by atoms with van der Waals surface area (Å²) < 4.78 is 19.1. The van der Waals surface area contributed by atoms with Gasteiger partial charge in [0.25, 0.3) is 0 Å². The quantitative estimate of drug-likeness (QED) is 0.115. The molecule has 238 valence electrons. The summed E-state index contributed by atoms with van der Waals surface area (Å²) in [4.78, 5) is 13.3. The highest BCUT2D eigenvalue weighted by atomic mass is 28.4. The average Bonchev–Trinajstić information content (AvgIpc) is 3.16. The molecule has 7 heteroatoms. The van der Waals surface area contributed by atoms with E-state index < -0.39 is 35.0 Å². The van der Waals surface area contributed by atoms with Crippen LogP contribution < -0.4 is 4.74 Å². The molecule has 0 spiro atoms. The predicted molar refractivity (Wildman–Crippen MR) is 181 cm³/mol. The van der Waals surface area contributed by atoms with E-state index in [1.807, 2.05) is 42.5 Å². The number of hydrogen-bond acceptors (Lipinski definition) is 5. The van der Waals surface area contributed by atoms with Gasteiger partial charge in [0.05, 0.1) is 24.2 Å². The molecule has 0 aromatic heterocycles. The molecule has 0 saturated carbocycles. The van der Waals surface area contributed by atoms with Gasteiger partial charge in [-0.3, -0.25) is 4.79 Å². The third-order valence-electron chi connectivity index (χ3n) is 7.97. The van der Waals surface area contributed by atoms with Crippen LogP contribution in [0.15, 0.2) is 54.6 Å². The van der Waals surface area contributed by atoms with Crippen LogP contribution >= 0.6 is 0 Å². The molecule has 1 aromatic rings. The van der Waals surface area contributed by atoms with Crippen LogP contribution in [0.5, 0.6) is 5.75 Å². The Balaban J connectivity index is 2.18.